The fraction of sp³-hybridized carbons (Fsp3) is 0.294. The van der Waals surface area contributed by atoms with Crippen LogP contribution in [0.25, 0.3) is 0 Å². The Bertz CT molecular complexity index is 792. The van der Waals surface area contributed by atoms with Gasteiger partial charge in [0.2, 0.25) is 0 Å². The van der Waals surface area contributed by atoms with Crippen molar-refractivity contribution in [3.05, 3.63) is 58.0 Å². The average molecular weight is 361 g/mol. The van der Waals surface area contributed by atoms with Gasteiger partial charge in [-0.25, -0.2) is 4.99 Å². The molecule has 2 atom stereocenters. The van der Waals surface area contributed by atoms with Crippen molar-refractivity contribution in [1.82, 2.24) is 10.6 Å². The predicted octanol–water partition coefficient (Wildman–Crippen LogP) is 2.83. The number of nitrogens with zero attached hydrogens (tertiary/aromatic N) is 1. The summed E-state index contributed by atoms with van der Waals surface area (Å²) in [6.07, 6.45) is 0. The minimum absolute atomic E-state index is 0.168. The number of halogens is 1. The third kappa shape index (κ3) is 2.76. The number of nitrogens with one attached hydrogen (secondary N) is 2. The lowest BCUT2D eigenvalue weighted by atomic mass is 9.87. The number of thioether (sulfide) groups is 1. The first kappa shape index (κ1) is 15.8. The van der Waals surface area contributed by atoms with Gasteiger partial charge in [-0.2, -0.15) is 4.39 Å². The molecule has 4 nitrogen and oxygen atoms in total. The first-order chi connectivity index (χ1) is 11.7. The summed E-state index contributed by atoms with van der Waals surface area (Å²) in [5, 5.41) is 6.68. The topological polar surface area (TPSA) is 53.5 Å². The lowest BCUT2D eigenvalue weighted by molar-refractivity contribution is 0.0977. The van der Waals surface area contributed by atoms with Crippen molar-refractivity contribution in [3.63, 3.8) is 0 Å². The first-order valence-electron chi connectivity index (χ1n) is 7.73. The van der Waals surface area contributed by atoms with E-state index in [-0.39, 0.29) is 11.0 Å². The molecule has 1 saturated heterocycles. The fourth-order valence-electron chi connectivity index (χ4n) is 3.18. The molecule has 124 valence electrons. The van der Waals surface area contributed by atoms with Crippen LogP contribution in [-0.4, -0.2) is 29.9 Å². The van der Waals surface area contributed by atoms with E-state index < -0.39 is 5.54 Å². The smallest absolute Gasteiger partial charge is 0.257 e. The Morgan fingerprint density at radius 2 is 2.12 bits per heavy atom. The highest BCUT2D eigenvalue weighted by Crippen LogP contribution is 2.44. The van der Waals surface area contributed by atoms with Crippen LogP contribution in [0, 0.1) is 11.0 Å². The second-order valence-electron chi connectivity index (χ2n) is 5.90. The molecule has 0 unspecified atom stereocenters. The third-order valence-corrected chi connectivity index (χ3v) is 6.52. The van der Waals surface area contributed by atoms with E-state index in [9.17, 15) is 9.18 Å². The van der Waals surface area contributed by atoms with Crippen LogP contribution in [0.2, 0.25) is 0 Å². The summed E-state index contributed by atoms with van der Waals surface area (Å²) >= 11 is 2.69. The van der Waals surface area contributed by atoms with E-state index in [2.05, 4.69) is 10.6 Å². The Labute approximate surface area is 147 Å². The largest absolute Gasteiger partial charge is 0.314 e. The standard InChI is InChI=1S/C17H16FN3OS2/c18-14-7-6-13(24-14)17-10-19-8-12(17)9-23-16(21-17)20-15(22)11-4-2-1-3-5-11/h1-7,12,19H,8-10H2,(H,20,21,22)/t12-,17-/m0/s1. The number of amides is 1. The number of benzene rings is 1. The van der Waals surface area contributed by atoms with Crippen molar-refractivity contribution in [3.8, 4) is 0 Å². The highest BCUT2D eigenvalue weighted by molar-refractivity contribution is 8.13. The van der Waals surface area contributed by atoms with Crippen molar-refractivity contribution in [2.24, 2.45) is 10.9 Å². The predicted molar refractivity (Wildman–Crippen MR) is 96.1 cm³/mol. The number of carbonyl (C=O) groups is 1. The molecule has 2 aliphatic rings. The Balaban J connectivity index is 1.63. The van der Waals surface area contributed by atoms with E-state index >= 15 is 0 Å². The van der Waals surface area contributed by atoms with Gasteiger partial charge in [0.05, 0.1) is 0 Å². The summed E-state index contributed by atoms with van der Waals surface area (Å²) in [6, 6.07) is 12.4. The van der Waals surface area contributed by atoms with Crippen LogP contribution in [0.4, 0.5) is 4.39 Å². The van der Waals surface area contributed by atoms with Gasteiger partial charge in [0.15, 0.2) is 10.3 Å². The quantitative estimate of drug-likeness (QED) is 0.865. The molecule has 0 aliphatic carbocycles. The Kier molecular flexibility index (Phi) is 4.15. The van der Waals surface area contributed by atoms with Crippen molar-refractivity contribution < 1.29 is 9.18 Å². The van der Waals surface area contributed by atoms with Crippen molar-refractivity contribution in [2.45, 2.75) is 5.54 Å². The Morgan fingerprint density at radius 1 is 1.29 bits per heavy atom. The minimum atomic E-state index is -0.473. The van der Waals surface area contributed by atoms with Crippen molar-refractivity contribution >= 4 is 34.2 Å². The normalized spacial score (nSPS) is 25.9. The summed E-state index contributed by atoms with van der Waals surface area (Å²) in [7, 11) is 0. The molecule has 1 aromatic carbocycles. The monoisotopic (exact) mass is 361 g/mol. The van der Waals surface area contributed by atoms with Crippen LogP contribution in [-0.2, 0) is 5.54 Å². The van der Waals surface area contributed by atoms with Crippen LogP contribution in [0.1, 0.15) is 15.2 Å². The van der Waals surface area contributed by atoms with Gasteiger partial charge in [-0.3, -0.25) is 4.79 Å². The number of hydrogen-bond acceptors (Lipinski definition) is 5. The highest BCUT2D eigenvalue weighted by Gasteiger charge is 2.48. The van der Waals surface area contributed by atoms with Crippen LogP contribution < -0.4 is 10.6 Å². The summed E-state index contributed by atoms with van der Waals surface area (Å²) in [4.78, 5) is 18.1. The number of hydrogen-bond donors (Lipinski definition) is 2. The van der Waals surface area contributed by atoms with Gasteiger partial charge in [-0.15, -0.1) is 11.3 Å². The summed E-state index contributed by atoms with van der Waals surface area (Å²) in [5.41, 5.74) is 0.128. The van der Waals surface area contributed by atoms with Crippen molar-refractivity contribution in [1.29, 1.82) is 0 Å². The molecule has 2 aromatic rings. The Morgan fingerprint density at radius 3 is 2.88 bits per heavy atom. The second-order valence-corrected chi connectivity index (χ2v) is 7.95. The molecule has 2 N–H and O–H groups in total. The average Bonchev–Trinajstić information content (AvgIpc) is 3.22. The zero-order chi connectivity index (χ0) is 16.6. The van der Waals surface area contributed by atoms with Gasteiger partial charge in [-0.05, 0) is 24.3 Å². The van der Waals surface area contributed by atoms with Crippen LogP contribution in [0.5, 0.6) is 0 Å². The van der Waals surface area contributed by atoms with Gasteiger partial charge in [0.25, 0.3) is 5.91 Å². The molecule has 0 radical (unpaired) electrons. The lowest BCUT2D eigenvalue weighted by Gasteiger charge is -2.34. The molecule has 1 aromatic heterocycles. The molecule has 1 fully saturated rings. The first-order valence-corrected chi connectivity index (χ1v) is 9.53. The molecular formula is C17H16FN3OS2. The molecule has 0 bridgehead atoms. The van der Waals surface area contributed by atoms with Crippen LogP contribution in [0.3, 0.4) is 0 Å². The fourth-order valence-corrected chi connectivity index (χ4v) is 5.27. The molecule has 4 rings (SSSR count). The summed E-state index contributed by atoms with van der Waals surface area (Å²) in [5.74, 6) is 0.983. The number of carbonyl (C=O) groups excluding carboxylic acids is 1. The van der Waals surface area contributed by atoms with E-state index in [4.69, 9.17) is 4.99 Å². The van der Waals surface area contributed by atoms with Gasteiger partial charge in [0.1, 0.15) is 5.54 Å². The number of rotatable bonds is 2. The second kappa shape index (κ2) is 6.31. The van der Waals surface area contributed by atoms with Crippen molar-refractivity contribution in [2.75, 3.05) is 18.8 Å². The molecule has 2 aliphatic heterocycles. The minimum Gasteiger partial charge on any atom is -0.314 e. The number of thiophene rings is 1. The van der Waals surface area contributed by atoms with Crippen LogP contribution >= 0.6 is 23.1 Å². The van der Waals surface area contributed by atoms with Crippen LogP contribution in [0.15, 0.2) is 47.5 Å². The highest BCUT2D eigenvalue weighted by atomic mass is 32.2. The van der Waals surface area contributed by atoms with Gasteiger partial charge < -0.3 is 10.6 Å². The molecule has 0 saturated carbocycles. The SMILES string of the molecule is O=C(NC1=N[C@@]2(c3ccc(F)s3)CNC[C@H]2CS1)c1ccccc1. The van der Waals surface area contributed by atoms with E-state index in [1.165, 1.54) is 6.07 Å². The molecule has 24 heavy (non-hydrogen) atoms. The summed E-state index contributed by atoms with van der Waals surface area (Å²) < 4.78 is 13.5. The molecule has 0 spiro atoms. The van der Waals surface area contributed by atoms with E-state index in [1.54, 1.807) is 23.9 Å². The van der Waals surface area contributed by atoms with E-state index in [0.29, 0.717) is 23.2 Å². The summed E-state index contributed by atoms with van der Waals surface area (Å²) in [6.45, 7) is 1.53. The van der Waals surface area contributed by atoms with Gasteiger partial charge >= 0.3 is 0 Å². The van der Waals surface area contributed by atoms with Gasteiger partial charge in [-0.1, -0.05) is 30.0 Å². The molecule has 7 heteroatoms. The number of amidine groups is 1. The Hall–Kier alpha value is -1.70. The van der Waals surface area contributed by atoms with Gasteiger partial charge in [0, 0.05) is 35.2 Å². The van der Waals surface area contributed by atoms with E-state index in [0.717, 1.165) is 28.5 Å². The third-order valence-electron chi connectivity index (χ3n) is 4.44. The maximum Gasteiger partial charge on any atom is 0.257 e. The maximum atomic E-state index is 13.5. The molecule has 3 heterocycles. The lowest BCUT2D eigenvalue weighted by Crippen LogP contribution is -2.42. The van der Waals surface area contributed by atoms with E-state index in [1.807, 2.05) is 24.3 Å². The number of aliphatic imine (C=N–C) groups is 1. The molecular weight excluding hydrogens is 345 g/mol. The zero-order valence-electron chi connectivity index (χ0n) is 12.8. The molecule has 1 amide bonds. The zero-order valence-corrected chi connectivity index (χ0v) is 14.4. The maximum absolute atomic E-state index is 13.5. The number of fused-ring (bicyclic) bond motifs is 1.